The van der Waals surface area contributed by atoms with Gasteiger partial charge in [0.05, 0.1) is 5.71 Å². The van der Waals surface area contributed by atoms with Gasteiger partial charge in [0.1, 0.15) is 5.82 Å². The summed E-state index contributed by atoms with van der Waals surface area (Å²) in [5.74, 6) is 0.313. The average Bonchev–Trinajstić information content (AvgIpc) is 2.56. The number of allylic oxidation sites excluding steroid dienone is 1. The lowest BCUT2D eigenvalue weighted by atomic mass is 10.1. The molecule has 24 heavy (non-hydrogen) atoms. The predicted molar refractivity (Wildman–Crippen MR) is 94.0 cm³/mol. The quantitative estimate of drug-likeness (QED) is 0.628. The van der Waals surface area contributed by atoms with Crippen LogP contribution in [0, 0.1) is 5.41 Å². The number of anilines is 1. The molecule has 0 aliphatic carbocycles. The Balaban J connectivity index is 2.39. The molecule has 2 rings (SSSR count). The van der Waals surface area contributed by atoms with Crippen LogP contribution in [0.15, 0.2) is 64.9 Å². The standard InChI is InChI=1S/C17H19N5O2/c1-11(15(18)12-8-9-14(23)22(2)10-12)16(21-17(19)24)20-13-6-4-3-5-7-13/h3-10,18,20H,1-2H3,(H3,19,21,24)/b16-11+,18-15?. The molecule has 124 valence electrons. The lowest BCUT2D eigenvalue weighted by molar-refractivity contribution is 0.251. The summed E-state index contributed by atoms with van der Waals surface area (Å²) in [4.78, 5) is 22.8. The molecule has 1 aromatic carbocycles. The van der Waals surface area contributed by atoms with E-state index in [0.29, 0.717) is 17.0 Å². The zero-order chi connectivity index (χ0) is 17.7. The van der Waals surface area contributed by atoms with Gasteiger partial charge in [0.2, 0.25) is 5.56 Å². The molecule has 0 aliphatic rings. The van der Waals surface area contributed by atoms with Crippen LogP contribution in [0.1, 0.15) is 12.5 Å². The van der Waals surface area contributed by atoms with Gasteiger partial charge in [-0.2, -0.15) is 0 Å². The van der Waals surface area contributed by atoms with Crippen molar-refractivity contribution < 1.29 is 4.79 Å². The fraction of sp³-hybridized carbons (Fsp3) is 0.118. The Bertz CT molecular complexity index is 853. The summed E-state index contributed by atoms with van der Waals surface area (Å²) in [6.07, 6.45) is 1.57. The number of hydrogen-bond acceptors (Lipinski definition) is 4. The van der Waals surface area contributed by atoms with Crippen molar-refractivity contribution in [3.05, 3.63) is 76.0 Å². The predicted octanol–water partition coefficient (Wildman–Crippen LogP) is 1.77. The molecule has 0 aliphatic heterocycles. The number of urea groups is 1. The van der Waals surface area contributed by atoms with E-state index >= 15 is 0 Å². The molecule has 0 bridgehead atoms. The van der Waals surface area contributed by atoms with E-state index in [1.165, 1.54) is 10.6 Å². The molecule has 0 spiro atoms. The normalized spacial score (nSPS) is 11.4. The molecule has 7 heteroatoms. The number of primary amides is 1. The highest BCUT2D eigenvalue weighted by Gasteiger charge is 2.12. The fourth-order valence-electron chi connectivity index (χ4n) is 2.09. The Labute approximate surface area is 139 Å². The van der Waals surface area contributed by atoms with Crippen molar-refractivity contribution in [1.82, 2.24) is 9.88 Å². The molecule has 0 atom stereocenters. The van der Waals surface area contributed by atoms with Gasteiger partial charge < -0.3 is 15.6 Å². The molecule has 0 radical (unpaired) electrons. The summed E-state index contributed by atoms with van der Waals surface area (Å²) in [7, 11) is 1.61. The number of carbonyl (C=O) groups is 1. The fourth-order valence-corrected chi connectivity index (χ4v) is 2.09. The van der Waals surface area contributed by atoms with Gasteiger partial charge in [0.25, 0.3) is 0 Å². The molecular formula is C17H19N5O2. The van der Waals surface area contributed by atoms with Crippen LogP contribution in [-0.4, -0.2) is 16.3 Å². The van der Waals surface area contributed by atoms with Crippen molar-refractivity contribution in [3.8, 4) is 0 Å². The van der Waals surface area contributed by atoms with Crippen LogP contribution in [0.2, 0.25) is 0 Å². The highest BCUT2D eigenvalue weighted by atomic mass is 16.2. The van der Waals surface area contributed by atoms with E-state index in [4.69, 9.17) is 11.1 Å². The van der Waals surface area contributed by atoms with Crippen LogP contribution < -0.4 is 21.9 Å². The number of hydrogen-bond donors (Lipinski definition) is 4. The van der Waals surface area contributed by atoms with Crippen molar-refractivity contribution in [1.29, 1.82) is 5.41 Å². The van der Waals surface area contributed by atoms with E-state index in [0.717, 1.165) is 5.69 Å². The maximum Gasteiger partial charge on any atom is 0.317 e. The average molecular weight is 325 g/mol. The highest BCUT2D eigenvalue weighted by Crippen LogP contribution is 2.14. The smallest absolute Gasteiger partial charge is 0.317 e. The Morgan fingerprint density at radius 2 is 1.83 bits per heavy atom. The van der Waals surface area contributed by atoms with Crippen LogP contribution in [0.4, 0.5) is 10.5 Å². The number of aromatic nitrogens is 1. The minimum atomic E-state index is -0.735. The third-order valence-electron chi connectivity index (χ3n) is 3.42. The number of aryl methyl sites for hydroxylation is 1. The second-order valence-electron chi connectivity index (χ2n) is 5.22. The summed E-state index contributed by atoms with van der Waals surface area (Å²) in [5, 5.41) is 13.9. The van der Waals surface area contributed by atoms with E-state index in [1.54, 1.807) is 26.2 Å². The first kappa shape index (κ1) is 17.0. The monoisotopic (exact) mass is 325 g/mol. The summed E-state index contributed by atoms with van der Waals surface area (Å²) < 4.78 is 1.39. The zero-order valence-corrected chi connectivity index (χ0v) is 13.5. The van der Waals surface area contributed by atoms with Gasteiger partial charge in [-0.1, -0.05) is 18.2 Å². The Kier molecular flexibility index (Phi) is 5.16. The molecule has 2 amide bonds. The first-order valence-corrected chi connectivity index (χ1v) is 7.24. The summed E-state index contributed by atoms with van der Waals surface area (Å²) >= 11 is 0. The molecule has 1 aromatic heterocycles. The molecule has 0 saturated carbocycles. The van der Waals surface area contributed by atoms with Gasteiger partial charge in [-0.05, 0) is 25.1 Å². The van der Waals surface area contributed by atoms with Crippen LogP contribution >= 0.6 is 0 Å². The molecule has 0 fully saturated rings. The number of nitrogens with zero attached hydrogens (tertiary/aromatic N) is 1. The summed E-state index contributed by atoms with van der Waals surface area (Å²) in [5.41, 5.74) is 7.01. The van der Waals surface area contributed by atoms with Crippen LogP contribution in [0.3, 0.4) is 0 Å². The number of carbonyl (C=O) groups excluding carboxylic acids is 1. The van der Waals surface area contributed by atoms with Gasteiger partial charge in [-0.3, -0.25) is 15.5 Å². The number of amides is 2. The van der Waals surface area contributed by atoms with Crippen LogP contribution in [-0.2, 0) is 7.05 Å². The Hall–Kier alpha value is -3.35. The first-order chi connectivity index (χ1) is 11.4. The van der Waals surface area contributed by atoms with Gasteiger partial charge >= 0.3 is 6.03 Å². The lowest BCUT2D eigenvalue weighted by Crippen LogP contribution is -2.33. The maximum absolute atomic E-state index is 11.5. The minimum Gasteiger partial charge on any atom is -0.351 e. The molecular weight excluding hydrogens is 306 g/mol. The number of rotatable bonds is 5. The number of pyridine rings is 1. The number of nitrogens with two attached hydrogens (primary N) is 1. The summed E-state index contributed by atoms with van der Waals surface area (Å²) in [6, 6.07) is 11.4. The molecule has 0 saturated heterocycles. The maximum atomic E-state index is 11.5. The lowest BCUT2D eigenvalue weighted by Gasteiger charge is -2.16. The summed E-state index contributed by atoms with van der Waals surface area (Å²) in [6.45, 7) is 1.69. The minimum absolute atomic E-state index is 0.161. The van der Waals surface area contributed by atoms with E-state index in [-0.39, 0.29) is 11.3 Å². The molecule has 5 N–H and O–H groups in total. The molecule has 0 unspecified atom stereocenters. The van der Waals surface area contributed by atoms with Crippen molar-refractivity contribution in [3.63, 3.8) is 0 Å². The van der Waals surface area contributed by atoms with Gasteiger partial charge in [0.15, 0.2) is 0 Å². The van der Waals surface area contributed by atoms with Crippen LogP contribution in [0.25, 0.3) is 0 Å². The van der Waals surface area contributed by atoms with E-state index in [9.17, 15) is 9.59 Å². The molecule has 2 aromatic rings. The zero-order valence-electron chi connectivity index (χ0n) is 13.5. The number of para-hydroxylation sites is 1. The first-order valence-electron chi connectivity index (χ1n) is 7.24. The second kappa shape index (κ2) is 7.28. The Morgan fingerprint density at radius 1 is 1.17 bits per heavy atom. The Morgan fingerprint density at radius 3 is 2.42 bits per heavy atom. The number of benzene rings is 1. The van der Waals surface area contributed by atoms with Crippen LogP contribution in [0.5, 0.6) is 0 Å². The third-order valence-corrected chi connectivity index (χ3v) is 3.42. The molecule has 7 nitrogen and oxygen atoms in total. The SMILES string of the molecule is C/C(C(=N)c1ccc(=O)n(C)c1)=C(\NC(N)=O)Nc1ccccc1. The third kappa shape index (κ3) is 4.10. The van der Waals surface area contributed by atoms with E-state index in [1.807, 2.05) is 30.3 Å². The van der Waals surface area contributed by atoms with Crippen molar-refractivity contribution in [2.45, 2.75) is 6.92 Å². The van der Waals surface area contributed by atoms with E-state index in [2.05, 4.69) is 10.6 Å². The van der Waals surface area contributed by atoms with Crippen molar-refractivity contribution >= 4 is 17.4 Å². The largest absolute Gasteiger partial charge is 0.351 e. The molecule has 1 heterocycles. The van der Waals surface area contributed by atoms with Gasteiger partial charge in [0, 0.05) is 36.1 Å². The second-order valence-corrected chi connectivity index (χ2v) is 5.22. The topological polar surface area (TPSA) is 113 Å². The van der Waals surface area contributed by atoms with Crippen molar-refractivity contribution in [2.24, 2.45) is 12.8 Å². The van der Waals surface area contributed by atoms with Gasteiger partial charge in [-0.25, -0.2) is 4.79 Å². The highest BCUT2D eigenvalue weighted by molar-refractivity contribution is 6.10. The van der Waals surface area contributed by atoms with E-state index < -0.39 is 6.03 Å². The number of nitrogens with one attached hydrogen (secondary N) is 3. The van der Waals surface area contributed by atoms with Crippen molar-refractivity contribution in [2.75, 3.05) is 5.32 Å². The van der Waals surface area contributed by atoms with Gasteiger partial charge in [-0.15, -0.1) is 0 Å².